The summed E-state index contributed by atoms with van der Waals surface area (Å²) in [5.74, 6) is 0.0885. The van der Waals surface area contributed by atoms with Gasteiger partial charge in [-0.15, -0.1) is 0 Å². The highest BCUT2D eigenvalue weighted by atomic mass is 19.4. The van der Waals surface area contributed by atoms with Gasteiger partial charge in [-0.3, -0.25) is 4.68 Å². The van der Waals surface area contributed by atoms with E-state index >= 15 is 0 Å². The van der Waals surface area contributed by atoms with Gasteiger partial charge in [-0.1, -0.05) is 0 Å². The Bertz CT molecular complexity index is 688. The van der Waals surface area contributed by atoms with Crippen LogP contribution in [0.15, 0.2) is 18.5 Å². The minimum atomic E-state index is -4.53. The van der Waals surface area contributed by atoms with E-state index in [4.69, 9.17) is 5.73 Å². The predicted molar refractivity (Wildman–Crippen MR) is 78.7 cm³/mol. The maximum Gasteiger partial charge on any atom is 0.433 e. The number of anilines is 1. The van der Waals surface area contributed by atoms with E-state index in [9.17, 15) is 13.2 Å². The van der Waals surface area contributed by atoms with Gasteiger partial charge in [0.25, 0.3) is 0 Å². The van der Waals surface area contributed by atoms with Crippen molar-refractivity contribution < 1.29 is 13.2 Å². The molecule has 0 radical (unpaired) electrons. The van der Waals surface area contributed by atoms with E-state index in [2.05, 4.69) is 15.1 Å². The fourth-order valence-corrected chi connectivity index (χ4v) is 2.52. The molecule has 0 aliphatic carbocycles. The molecule has 6 nitrogen and oxygen atoms in total. The number of hydrogen-bond acceptors (Lipinski definition) is 5. The van der Waals surface area contributed by atoms with Crippen LogP contribution in [0.4, 0.5) is 19.1 Å². The van der Waals surface area contributed by atoms with Crippen LogP contribution < -0.4 is 10.6 Å². The van der Waals surface area contributed by atoms with E-state index in [0.717, 1.165) is 6.07 Å². The van der Waals surface area contributed by atoms with Crippen LogP contribution in [0.1, 0.15) is 18.5 Å². The first-order valence-electron chi connectivity index (χ1n) is 7.29. The lowest BCUT2D eigenvalue weighted by atomic mass is 10.1. The van der Waals surface area contributed by atoms with Crippen LogP contribution in [0.2, 0.25) is 0 Å². The topological polar surface area (TPSA) is 72.9 Å². The van der Waals surface area contributed by atoms with Gasteiger partial charge in [0.15, 0.2) is 5.69 Å². The predicted octanol–water partition coefficient (Wildman–Crippen LogP) is 1.82. The van der Waals surface area contributed by atoms with E-state index in [0.29, 0.717) is 31.5 Å². The minimum absolute atomic E-state index is 0.0786. The third-order valence-electron chi connectivity index (χ3n) is 3.83. The summed E-state index contributed by atoms with van der Waals surface area (Å²) >= 11 is 0. The molecule has 2 aromatic heterocycles. The molecular weight excluding hydrogens is 309 g/mol. The van der Waals surface area contributed by atoms with Crippen molar-refractivity contribution in [1.29, 1.82) is 0 Å². The second-order valence-electron chi connectivity index (χ2n) is 5.66. The highest BCUT2D eigenvalue weighted by molar-refractivity contribution is 5.59. The minimum Gasteiger partial charge on any atom is -0.341 e. The Labute approximate surface area is 131 Å². The van der Waals surface area contributed by atoms with Gasteiger partial charge in [0.2, 0.25) is 5.95 Å². The van der Waals surface area contributed by atoms with Crippen molar-refractivity contribution in [3.8, 4) is 11.3 Å². The molecule has 2 N–H and O–H groups in total. The highest BCUT2D eigenvalue weighted by Gasteiger charge is 2.34. The SMILES string of the molecule is Cn1cc(-c2cc(C(F)(F)F)nc(N3CCC(N)CC3)n2)cn1. The normalized spacial score (nSPS) is 16.8. The molecule has 2 aromatic rings. The van der Waals surface area contributed by atoms with Crippen LogP contribution in [-0.4, -0.2) is 38.9 Å². The summed E-state index contributed by atoms with van der Waals surface area (Å²) in [6, 6.07) is 1.03. The van der Waals surface area contributed by atoms with Gasteiger partial charge >= 0.3 is 6.18 Å². The maximum atomic E-state index is 13.1. The molecule has 1 fully saturated rings. The van der Waals surface area contributed by atoms with Crippen LogP contribution >= 0.6 is 0 Å². The third kappa shape index (κ3) is 3.44. The number of halogens is 3. The molecule has 23 heavy (non-hydrogen) atoms. The summed E-state index contributed by atoms with van der Waals surface area (Å²) in [5, 5.41) is 3.98. The second kappa shape index (κ2) is 5.80. The van der Waals surface area contributed by atoms with Crippen molar-refractivity contribution in [2.24, 2.45) is 12.8 Å². The molecule has 0 saturated carbocycles. The first kappa shape index (κ1) is 15.7. The van der Waals surface area contributed by atoms with Gasteiger partial charge in [-0.05, 0) is 18.9 Å². The Morgan fingerprint density at radius 1 is 1.22 bits per heavy atom. The van der Waals surface area contributed by atoms with E-state index in [1.165, 1.54) is 10.9 Å². The first-order chi connectivity index (χ1) is 10.8. The van der Waals surface area contributed by atoms with Gasteiger partial charge in [0.1, 0.15) is 0 Å². The van der Waals surface area contributed by atoms with Crippen LogP contribution in [-0.2, 0) is 13.2 Å². The molecule has 1 saturated heterocycles. The van der Waals surface area contributed by atoms with Crippen LogP contribution in [0, 0.1) is 0 Å². The number of aryl methyl sites for hydroxylation is 1. The number of hydrogen-bond donors (Lipinski definition) is 1. The smallest absolute Gasteiger partial charge is 0.341 e. The second-order valence-corrected chi connectivity index (χ2v) is 5.66. The number of alkyl halides is 3. The monoisotopic (exact) mass is 326 g/mol. The maximum absolute atomic E-state index is 13.1. The lowest BCUT2D eigenvalue weighted by molar-refractivity contribution is -0.141. The molecule has 9 heteroatoms. The summed E-state index contributed by atoms with van der Waals surface area (Å²) in [6.07, 6.45) is 0.00126. The van der Waals surface area contributed by atoms with Gasteiger partial charge in [0, 0.05) is 37.9 Å². The fourth-order valence-electron chi connectivity index (χ4n) is 2.52. The molecular formula is C14H17F3N6. The van der Waals surface area contributed by atoms with Gasteiger partial charge < -0.3 is 10.6 Å². The van der Waals surface area contributed by atoms with Crippen molar-refractivity contribution in [3.63, 3.8) is 0 Å². The van der Waals surface area contributed by atoms with E-state index < -0.39 is 11.9 Å². The first-order valence-corrected chi connectivity index (χ1v) is 7.29. The van der Waals surface area contributed by atoms with Crippen molar-refractivity contribution in [1.82, 2.24) is 19.7 Å². The average Bonchev–Trinajstić information content (AvgIpc) is 2.93. The average molecular weight is 326 g/mol. The summed E-state index contributed by atoms with van der Waals surface area (Å²) in [6.45, 7) is 1.10. The van der Waals surface area contributed by atoms with Crippen molar-refractivity contribution in [2.75, 3.05) is 18.0 Å². The van der Waals surface area contributed by atoms with E-state index in [1.807, 2.05) is 0 Å². The Kier molecular flexibility index (Phi) is 3.97. The number of nitrogens with two attached hydrogens (primary N) is 1. The zero-order valence-corrected chi connectivity index (χ0v) is 12.6. The Hall–Kier alpha value is -2.16. The summed E-state index contributed by atoms with van der Waals surface area (Å²) < 4.78 is 41.0. The molecule has 0 spiro atoms. The summed E-state index contributed by atoms with van der Waals surface area (Å²) in [5.41, 5.74) is 5.63. The highest BCUT2D eigenvalue weighted by Crippen LogP contribution is 2.32. The summed E-state index contributed by atoms with van der Waals surface area (Å²) in [4.78, 5) is 9.76. The van der Waals surface area contributed by atoms with Crippen LogP contribution in [0.5, 0.6) is 0 Å². The van der Waals surface area contributed by atoms with Gasteiger partial charge in [-0.25, -0.2) is 9.97 Å². The molecule has 0 atom stereocenters. The zero-order chi connectivity index (χ0) is 16.6. The van der Waals surface area contributed by atoms with Crippen LogP contribution in [0.3, 0.4) is 0 Å². The quantitative estimate of drug-likeness (QED) is 0.911. The molecule has 3 heterocycles. The molecule has 1 aliphatic heterocycles. The number of piperidine rings is 1. The fraction of sp³-hybridized carbons (Fsp3) is 0.500. The zero-order valence-electron chi connectivity index (χ0n) is 12.6. The third-order valence-corrected chi connectivity index (χ3v) is 3.83. The molecule has 0 unspecified atom stereocenters. The lowest BCUT2D eigenvalue weighted by Gasteiger charge is -2.30. The lowest BCUT2D eigenvalue weighted by Crippen LogP contribution is -2.40. The molecule has 0 aromatic carbocycles. The summed E-state index contributed by atoms with van der Waals surface area (Å²) in [7, 11) is 1.70. The van der Waals surface area contributed by atoms with Gasteiger partial charge in [-0.2, -0.15) is 18.3 Å². The molecule has 3 rings (SSSR count). The number of nitrogens with zero attached hydrogens (tertiary/aromatic N) is 5. The standard InChI is InChI=1S/C14H17F3N6/c1-22-8-9(7-19-22)11-6-12(14(15,16)17)21-13(20-11)23-4-2-10(18)3-5-23/h6-8,10H,2-5,18H2,1H3. The largest absolute Gasteiger partial charge is 0.433 e. The molecule has 0 bridgehead atoms. The Morgan fingerprint density at radius 3 is 2.48 bits per heavy atom. The molecule has 1 aliphatic rings. The molecule has 124 valence electrons. The van der Waals surface area contributed by atoms with Crippen molar-refractivity contribution in [3.05, 3.63) is 24.2 Å². The van der Waals surface area contributed by atoms with Crippen molar-refractivity contribution >= 4 is 5.95 Å². The van der Waals surface area contributed by atoms with Crippen molar-refractivity contribution in [2.45, 2.75) is 25.1 Å². The number of rotatable bonds is 2. The number of aromatic nitrogens is 4. The Morgan fingerprint density at radius 2 is 1.91 bits per heavy atom. The Balaban J connectivity index is 2.01. The van der Waals surface area contributed by atoms with Gasteiger partial charge in [0.05, 0.1) is 11.9 Å². The van der Waals surface area contributed by atoms with Crippen LogP contribution in [0.25, 0.3) is 11.3 Å². The van der Waals surface area contributed by atoms with E-state index in [-0.39, 0.29) is 17.7 Å². The molecule has 0 amide bonds. The van der Waals surface area contributed by atoms with E-state index in [1.54, 1.807) is 18.1 Å².